The van der Waals surface area contributed by atoms with Crippen molar-refractivity contribution in [1.29, 1.82) is 0 Å². The van der Waals surface area contributed by atoms with Crippen LogP contribution in [0.3, 0.4) is 0 Å². The van der Waals surface area contributed by atoms with E-state index in [2.05, 4.69) is 5.32 Å². The highest BCUT2D eigenvalue weighted by Crippen LogP contribution is 2.41. The maximum Gasteiger partial charge on any atom is 0.303 e. The molecule has 1 aromatic carbocycles. The van der Waals surface area contributed by atoms with Crippen LogP contribution in [-0.2, 0) is 9.59 Å². The van der Waals surface area contributed by atoms with Gasteiger partial charge in [-0.3, -0.25) is 9.59 Å². The molecular formula is C12H11ClFNO3. The van der Waals surface area contributed by atoms with Crippen LogP contribution in [-0.4, -0.2) is 17.0 Å². The Morgan fingerprint density at radius 2 is 2.22 bits per heavy atom. The van der Waals surface area contributed by atoms with E-state index in [0.29, 0.717) is 23.4 Å². The van der Waals surface area contributed by atoms with E-state index in [-0.39, 0.29) is 18.0 Å². The standard InChI is InChI=1S/C12H11ClFNO3/c13-7-4-5-8(14)11-10(7)6(12(18)15-11)2-1-3-9(16)17/h4-6H,1-3H2,(H,15,18)(H,16,17). The van der Waals surface area contributed by atoms with Gasteiger partial charge < -0.3 is 10.4 Å². The third-order valence-corrected chi connectivity index (χ3v) is 3.27. The predicted molar refractivity (Wildman–Crippen MR) is 64.3 cm³/mol. The molecule has 6 heteroatoms. The van der Waals surface area contributed by atoms with Crippen molar-refractivity contribution in [3.05, 3.63) is 28.5 Å². The normalized spacial score (nSPS) is 17.4. The minimum absolute atomic E-state index is 0.0218. The molecule has 0 aromatic heterocycles. The van der Waals surface area contributed by atoms with Crippen molar-refractivity contribution in [3.63, 3.8) is 0 Å². The van der Waals surface area contributed by atoms with E-state index >= 15 is 0 Å². The number of rotatable bonds is 4. The van der Waals surface area contributed by atoms with Crippen LogP contribution in [0.4, 0.5) is 10.1 Å². The number of fused-ring (bicyclic) bond motifs is 1. The van der Waals surface area contributed by atoms with Gasteiger partial charge in [-0.1, -0.05) is 11.6 Å². The van der Waals surface area contributed by atoms with Crippen LogP contribution in [0.15, 0.2) is 12.1 Å². The summed E-state index contributed by atoms with van der Waals surface area (Å²) >= 11 is 5.97. The molecule has 18 heavy (non-hydrogen) atoms. The summed E-state index contributed by atoms with van der Waals surface area (Å²) in [5.74, 6) is -2.34. The Labute approximate surface area is 108 Å². The summed E-state index contributed by atoms with van der Waals surface area (Å²) in [6.07, 6.45) is 0.667. The highest BCUT2D eigenvalue weighted by Gasteiger charge is 2.34. The minimum atomic E-state index is -0.918. The van der Waals surface area contributed by atoms with Gasteiger partial charge in [-0.2, -0.15) is 0 Å². The number of carboxylic acid groups (broad SMARTS) is 1. The molecule has 1 amide bonds. The summed E-state index contributed by atoms with van der Waals surface area (Å²) in [7, 11) is 0. The molecule has 0 radical (unpaired) electrons. The lowest BCUT2D eigenvalue weighted by Crippen LogP contribution is -2.12. The number of carbonyl (C=O) groups is 2. The first-order valence-corrected chi connectivity index (χ1v) is 5.89. The molecule has 0 saturated heterocycles. The lowest BCUT2D eigenvalue weighted by molar-refractivity contribution is -0.137. The maximum atomic E-state index is 13.5. The second-order valence-corrected chi connectivity index (χ2v) is 4.55. The molecule has 0 aliphatic carbocycles. The molecule has 1 aliphatic heterocycles. The Balaban J connectivity index is 2.22. The van der Waals surface area contributed by atoms with Gasteiger partial charge in [-0.05, 0) is 25.0 Å². The number of benzene rings is 1. The summed E-state index contributed by atoms with van der Waals surface area (Å²) in [5, 5.41) is 11.3. The number of carboxylic acids is 1. The maximum absolute atomic E-state index is 13.5. The molecule has 4 nitrogen and oxygen atoms in total. The van der Waals surface area contributed by atoms with Crippen molar-refractivity contribution in [1.82, 2.24) is 0 Å². The number of halogens is 2. The topological polar surface area (TPSA) is 66.4 Å². The second kappa shape index (κ2) is 4.94. The first kappa shape index (κ1) is 12.8. The lowest BCUT2D eigenvalue weighted by atomic mass is 9.94. The summed E-state index contributed by atoms with van der Waals surface area (Å²) in [6.45, 7) is 0. The average Bonchev–Trinajstić information content (AvgIpc) is 2.63. The van der Waals surface area contributed by atoms with Gasteiger partial charge in [0.15, 0.2) is 0 Å². The zero-order valence-electron chi connectivity index (χ0n) is 9.37. The van der Waals surface area contributed by atoms with Gasteiger partial charge in [0.2, 0.25) is 5.91 Å². The van der Waals surface area contributed by atoms with Gasteiger partial charge in [-0.25, -0.2) is 4.39 Å². The Hall–Kier alpha value is -1.62. The molecule has 1 aromatic rings. The summed E-state index contributed by atoms with van der Waals surface area (Å²) in [4.78, 5) is 22.2. The molecule has 1 heterocycles. The fourth-order valence-electron chi connectivity index (χ4n) is 2.11. The van der Waals surface area contributed by atoms with Gasteiger partial charge in [0, 0.05) is 17.0 Å². The van der Waals surface area contributed by atoms with E-state index in [1.54, 1.807) is 0 Å². The van der Waals surface area contributed by atoms with E-state index in [9.17, 15) is 14.0 Å². The molecule has 2 N–H and O–H groups in total. The molecule has 1 atom stereocenters. The van der Waals surface area contributed by atoms with Crippen molar-refractivity contribution in [2.75, 3.05) is 5.32 Å². The second-order valence-electron chi connectivity index (χ2n) is 4.15. The van der Waals surface area contributed by atoms with Crippen LogP contribution in [0.5, 0.6) is 0 Å². The number of anilines is 1. The number of carbonyl (C=O) groups excluding carboxylic acids is 1. The van der Waals surface area contributed by atoms with E-state index in [0.717, 1.165) is 0 Å². The van der Waals surface area contributed by atoms with Crippen molar-refractivity contribution in [2.24, 2.45) is 0 Å². The van der Waals surface area contributed by atoms with Crippen LogP contribution < -0.4 is 5.32 Å². The summed E-state index contributed by atoms with van der Waals surface area (Å²) in [6, 6.07) is 2.60. The van der Waals surface area contributed by atoms with E-state index in [1.807, 2.05) is 0 Å². The SMILES string of the molecule is O=C(O)CCCC1C(=O)Nc2c(F)ccc(Cl)c21. The third-order valence-electron chi connectivity index (χ3n) is 2.94. The van der Waals surface area contributed by atoms with Gasteiger partial charge in [-0.15, -0.1) is 0 Å². The zero-order valence-corrected chi connectivity index (χ0v) is 10.1. The Bertz CT molecular complexity index is 518. The molecule has 1 unspecified atom stereocenters. The number of aliphatic carboxylic acids is 1. The minimum Gasteiger partial charge on any atom is -0.481 e. The molecular weight excluding hydrogens is 261 g/mol. The number of hydrogen-bond donors (Lipinski definition) is 2. The Kier molecular flexibility index (Phi) is 3.52. The smallest absolute Gasteiger partial charge is 0.303 e. The molecule has 0 spiro atoms. The fourth-order valence-corrected chi connectivity index (χ4v) is 2.40. The summed E-state index contributed by atoms with van der Waals surface area (Å²) < 4.78 is 13.5. The van der Waals surface area contributed by atoms with Gasteiger partial charge >= 0.3 is 5.97 Å². The van der Waals surface area contributed by atoms with Crippen molar-refractivity contribution in [2.45, 2.75) is 25.2 Å². The van der Waals surface area contributed by atoms with E-state index in [4.69, 9.17) is 16.7 Å². The van der Waals surface area contributed by atoms with Crippen LogP contribution in [0.25, 0.3) is 0 Å². The molecule has 0 bridgehead atoms. The Morgan fingerprint density at radius 1 is 1.50 bits per heavy atom. The molecule has 96 valence electrons. The van der Waals surface area contributed by atoms with Crippen molar-refractivity contribution < 1.29 is 19.1 Å². The average molecular weight is 272 g/mol. The van der Waals surface area contributed by atoms with Crippen LogP contribution >= 0.6 is 11.6 Å². The number of amides is 1. The predicted octanol–water partition coefficient (Wildman–Crippen LogP) is 2.77. The molecule has 1 aliphatic rings. The molecule has 0 saturated carbocycles. The Morgan fingerprint density at radius 3 is 2.89 bits per heavy atom. The van der Waals surface area contributed by atoms with E-state index < -0.39 is 17.7 Å². The molecule has 2 rings (SSSR count). The first-order valence-electron chi connectivity index (χ1n) is 5.51. The number of nitrogens with one attached hydrogen (secondary N) is 1. The largest absolute Gasteiger partial charge is 0.481 e. The van der Waals surface area contributed by atoms with Crippen LogP contribution in [0.2, 0.25) is 5.02 Å². The monoisotopic (exact) mass is 271 g/mol. The van der Waals surface area contributed by atoms with Crippen molar-refractivity contribution >= 4 is 29.2 Å². The first-order chi connectivity index (χ1) is 8.50. The van der Waals surface area contributed by atoms with Gasteiger partial charge in [0.25, 0.3) is 0 Å². The number of hydrogen-bond acceptors (Lipinski definition) is 2. The highest BCUT2D eigenvalue weighted by molar-refractivity contribution is 6.32. The van der Waals surface area contributed by atoms with Crippen molar-refractivity contribution in [3.8, 4) is 0 Å². The lowest BCUT2D eigenvalue weighted by Gasteiger charge is -2.09. The quantitative estimate of drug-likeness (QED) is 0.885. The van der Waals surface area contributed by atoms with Gasteiger partial charge in [0.1, 0.15) is 5.82 Å². The summed E-state index contributed by atoms with van der Waals surface area (Å²) in [5.41, 5.74) is 0.555. The zero-order chi connectivity index (χ0) is 13.3. The molecule has 0 fully saturated rings. The third kappa shape index (κ3) is 2.31. The fraction of sp³-hybridized carbons (Fsp3) is 0.333. The van der Waals surface area contributed by atoms with Crippen LogP contribution in [0, 0.1) is 5.82 Å². The van der Waals surface area contributed by atoms with E-state index in [1.165, 1.54) is 12.1 Å². The highest BCUT2D eigenvalue weighted by atomic mass is 35.5. The van der Waals surface area contributed by atoms with Crippen LogP contribution in [0.1, 0.15) is 30.7 Å². The van der Waals surface area contributed by atoms with Gasteiger partial charge in [0.05, 0.1) is 11.6 Å².